The molecule has 3 aliphatic rings. The lowest BCUT2D eigenvalue weighted by molar-refractivity contribution is -0.168. The molecule has 2 amide bonds. The molecule has 1 saturated heterocycles. The average molecular weight is 499 g/mol. The third-order valence-corrected chi connectivity index (χ3v) is 7.55. The summed E-state index contributed by atoms with van der Waals surface area (Å²) in [4.78, 5) is 55.9. The lowest BCUT2D eigenvalue weighted by Crippen LogP contribution is -2.70. The highest BCUT2D eigenvalue weighted by atomic mass is 32.2. The van der Waals surface area contributed by atoms with Gasteiger partial charge in [0.15, 0.2) is 5.13 Å². The van der Waals surface area contributed by atoms with E-state index in [2.05, 4.69) is 16.9 Å². The molecule has 0 bridgehead atoms. The first-order valence-corrected chi connectivity index (χ1v) is 12.1. The van der Waals surface area contributed by atoms with Gasteiger partial charge in [0.25, 0.3) is 12.2 Å². The van der Waals surface area contributed by atoms with Crippen LogP contribution in [0, 0.1) is 0 Å². The maximum absolute atomic E-state index is 13.1. The minimum atomic E-state index is -1.21. The zero-order chi connectivity index (χ0) is 24.0. The smallest absolute Gasteiger partial charge is 0.358 e. The van der Waals surface area contributed by atoms with E-state index in [4.69, 9.17) is 15.2 Å². The van der Waals surface area contributed by atoms with Gasteiger partial charge in [-0.3, -0.25) is 14.5 Å². The van der Waals surface area contributed by atoms with Gasteiger partial charge in [0.05, 0.1) is 17.7 Å². The van der Waals surface area contributed by atoms with Crippen LogP contribution in [0.3, 0.4) is 0 Å². The van der Waals surface area contributed by atoms with Crippen molar-refractivity contribution in [1.29, 1.82) is 0 Å². The number of carbonyl (C=O) groups is 4. The van der Waals surface area contributed by atoms with Crippen LogP contribution in [0.25, 0.3) is 0 Å². The maximum Gasteiger partial charge on any atom is 0.358 e. The van der Waals surface area contributed by atoms with Gasteiger partial charge in [-0.05, 0) is 11.6 Å². The number of cyclic esters (lactones) is 1. The number of hydrogen-bond donors (Lipinski definition) is 2. The van der Waals surface area contributed by atoms with Crippen LogP contribution >= 0.6 is 23.1 Å². The summed E-state index contributed by atoms with van der Waals surface area (Å²) in [6.07, 6.45) is 0.268. The number of nitrogens with one attached hydrogen (secondary N) is 1. The molecule has 2 aromatic rings. The van der Waals surface area contributed by atoms with Gasteiger partial charge < -0.3 is 20.5 Å². The van der Waals surface area contributed by atoms with E-state index in [0.29, 0.717) is 33.3 Å². The number of carbonyl (C=O) groups excluding carboxylic acids is 4. The highest BCUT2D eigenvalue weighted by Gasteiger charge is 2.54. The number of nitrogens with zero attached hydrogens (tertiary/aromatic N) is 2. The Morgan fingerprint density at radius 2 is 2.15 bits per heavy atom. The lowest BCUT2D eigenvalue weighted by atomic mass is 10.0. The first kappa shape index (κ1) is 22.2. The fraction of sp³-hybridized carbons (Fsp3) is 0.227. The SMILES string of the molecule is C=CC1=C(C(=O)OC2OC(=O)c3ccccc32)N2C(=O)C(NC(=O)Cc3csc(N)n3)[C@@H]2SC1. The second kappa shape index (κ2) is 8.61. The van der Waals surface area contributed by atoms with Gasteiger partial charge in [-0.25, -0.2) is 14.6 Å². The van der Waals surface area contributed by atoms with Crippen molar-refractivity contribution < 1.29 is 28.7 Å². The zero-order valence-corrected chi connectivity index (χ0v) is 19.2. The number of thioether (sulfide) groups is 1. The maximum atomic E-state index is 13.1. The Labute approximate surface area is 201 Å². The molecule has 1 aromatic carbocycles. The molecular weight excluding hydrogens is 480 g/mol. The van der Waals surface area contributed by atoms with Crippen LogP contribution in [0.2, 0.25) is 0 Å². The van der Waals surface area contributed by atoms with Crippen molar-refractivity contribution in [2.75, 3.05) is 11.5 Å². The normalized spacial score (nSPS) is 22.9. The number of fused-ring (bicyclic) bond motifs is 2. The number of hydrogen-bond acceptors (Lipinski definition) is 10. The Kier molecular flexibility index (Phi) is 5.62. The van der Waals surface area contributed by atoms with Gasteiger partial charge in [-0.15, -0.1) is 23.1 Å². The third-order valence-electron chi connectivity index (χ3n) is 5.53. The van der Waals surface area contributed by atoms with Gasteiger partial charge in [0, 0.05) is 16.7 Å². The predicted molar refractivity (Wildman–Crippen MR) is 123 cm³/mol. The van der Waals surface area contributed by atoms with E-state index in [1.54, 1.807) is 29.6 Å². The second-order valence-electron chi connectivity index (χ2n) is 7.62. The largest absolute Gasteiger partial charge is 0.417 e. The molecule has 0 radical (unpaired) electrons. The Morgan fingerprint density at radius 3 is 2.88 bits per heavy atom. The Morgan fingerprint density at radius 1 is 1.35 bits per heavy atom. The van der Waals surface area contributed by atoms with E-state index < -0.39 is 35.6 Å². The van der Waals surface area contributed by atoms with Gasteiger partial charge in [-0.2, -0.15) is 0 Å². The molecule has 2 unspecified atom stereocenters. The molecule has 0 aliphatic carbocycles. The van der Waals surface area contributed by atoms with Crippen molar-refractivity contribution in [1.82, 2.24) is 15.2 Å². The number of benzene rings is 1. The van der Waals surface area contributed by atoms with E-state index in [1.165, 1.54) is 34.1 Å². The summed E-state index contributed by atoms with van der Waals surface area (Å²) in [6, 6.07) is 5.81. The fourth-order valence-corrected chi connectivity index (χ4v) is 5.84. The third kappa shape index (κ3) is 3.74. The van der Waals surface area contributed by atoms with E-state index in [-0.39, 0.29) is 18.0 Å². The summed E-state index contributed by atoms with van der Waals surface area (Å²) in [6.45, 7) is 3.73. The number of aromatic nitrogens is 1. The Bertz CT molecular complexity index is 1270. The van der Waals surface area contributed by atoms with Crippen LogP contribution in [-0.2, 0) is 30.3 Å². The Hall–Kier alpha value is -3.64. The van der Waals surface area contributed by atoms with Crippen LogP contribution in [0.4, 0.5) is 5.13 Å². The first-order valence-electron chi connectivity index (χ1n) is 10.2. The van der Waals surface area contributed by atoms with E-state index in [1.807, 2.05) is 0 Å². The highest BCUT2D eigenvalue weighted by Crippen LogP contribution is 2.42. The van der Waals surface area contributed by atoms with Crippen molar-refractivity contribution in [3.8, 4) is 0 Å². The van der Waals surface area contributed by atoms with E-state index in [0.717, 1.165) is 0 Å². The minimum Gasteiger partial charge on any atom is -0.417 e. The number of nitrogens with two attached hydrogens (primary N) is 1. The van der Waals surface area contributed by atoms with Crippen LogP contribution in [0.15, 0.2) is 53.6 Å². The monoisotopic (exact) mass is 498 g/mol. The average Bonchev–Trinajstić information content (AvgIpc) is 3.38. The molecule has 5 rings (SSSR count). The number of amides is 2. The zero-order valence-electron chi connectivity index (χ0n) is 17.6. The number of anilines is 1. The molecule has 0 spiro atoms. The predicted octanol–water partition coefficient (Wildman–Crippen LogP) is 1.52. The summed E-state index contributed by atoms with van der Waals surface area (Å²) in [5.41, 5.74) is 7.41. The molecule has 12 heteroatoms. The number of thiazole rings is 1. The van der Waals surface area contributed by atoms with Gasteiger partial charge in [0.1, 0.15) is 17.1 Å². The molecule has 34 heavy (non-hydrogen) atoms. The molecule has 0 saturated carbocycles. The number of allylic oxidation sites excluding steroid dienone is 1. The number of ether oxygens (including phenoxy) is 2. The van der Waals surface area contributed by atoms with E-state index >= 15 is 0 Å². The van der Waals surface area contributed by atoms with E-state index in [9.17, 15) is 19.2 Å². The Balaban J connectivity index is 1.30. The lowest BCUT2D eigenvalue weighted by Gasteiger charge is -2.49. The number of rotatable bonds is 6. The highest BCUT2D eigenvalue weighted by molar-refractivity contribution is 8.00. The van der Waals surface area contributed by atoms with Crippen molar-refractivity contribution in [3.05, 3.63) is 70.4 Å². The fourth-order valence-electron chi connectivity index (χ4n) is 3.93. The summed E-state index contributed by atoms with van der Waals surface area (Å²) < 4.78 is 10.7. The standard InChI is InChI=1S/C22H18N4O6S2/c1-2-10-8-33-18-15(25-14(27)7-11-9-34-22(23)24-11)17(28)26(18)16(10)20(30)32-21-13-6-4-3-5-12(13)19(29)31-21/h2-6,9,15,18,21H,1,7-8H2,(H2,23,24)(H,25,27)/t15?,18-,21?/m0/s1. The van der Waals surface area contributed by atoms with Crippen LogP contribution < -0.4 is 11.1 Å². The van der Waals surface area contributed by atoms with Crippen LogP contribution in [0.1, 0.15) is 27.9 Å². The molecule has 1 aromatic heterocycles. The van der Waals surface area contributed by atoms with Crippen LogP contribution in [0.5, 0.6) is 0 Å². The van der Waals surface area contributed by atoms with Crippen molar-refractivity contribution in [2.45, 2.75) is 24.1 Å². The molecule has 3 atom stereocenters. The number of nitrogen functional groups attached to an aromatic ring is 1. The quantitative estimate of drug-likeness (QED) is 0.448. The molecule has 3 N–H and O–H groups in total. The molecular formula is C22H18N4O6S2. The molecule has 1 fully saturated rings. The second-order valence-corrected chi connectivity index (χ2v) is 9.61. The van der Waals surface area contributed by atoms with Crippen molar-refractivity contribution in [3.63, 3.8) is 0 Å². The van der Waals surface area contributed by atoms with Crippen molar-refractivity contribution in [2.24, 2.45) is 0 Å². The number of esters is 2. The van der Waals surface area contributed by atoms with Crippen LogP contribution in [-0.4, -0.2) is 50.8 Å². The molecule has 174 valence electrons. The number of β-lactam (4-membered cyclic amide) rings is 1. The first-order chi connectivity index (χ1) is 16.4. The topological polar surface area (TPSA) is 141 Å². The summed E-state index contributed by atoms with van der Waals surface area (Å²) in [7, 11) is 0. The van der Waals surface area contributed by atoms with Crippen molar-refractivity contribution >= 4 is 52.0 Å². The summed E-state index contributed by atoms with van der Waals surface area (Å²) in [5, 5.41) is 4.27. The summed E-state index contributed by atoms with van der Waals surface area (Å²) >= 11 is 2.63. The molecule has 4 heterocycles. The van der Waals surface area contributed by atoms with Gasteiger partial charge >= 0.3 is 11.9 Å². The van der Waals surface area contributed by atoms with Gasteiger partial charge in [0.2, 0.25) is 5.91 Å². The minimum absolute atomic E-state index is 0.00995. The summed E-state index contributed by atoms with van der Waals surface area (Å²) in [5.74, 6) is -1.84. The van der Waals surface area contributed by atoms with Gasteiger partial charge in [-0.1, -0.05) is 30.9 Å². The molecule has 3 aliphatic heterocycles. The molecule has 10 nitrogen and oxygen atoms in total.